The molecule has 1 N–H and O–H groups in total. The van der Waals surface area contributed by atoms with Crippen molar-refractivity contribution in [2.24, 2.45) is 0 Å². The van der Waals surface area contributed by atoms with Crippen LogP contribution < -0.4 is 10.2 Å². The second-order valence-corrected chi connectivity index (χ2v) is 6.58. The Morgan fingerprint density at radius 3 is 2.48 bits per heavy atom. The van der Waals surface area contributed by atoms with Gasteiger partial charge in [0.1, 0.15) is 0 Å². The number of nitro groups is 1. The lowest BCUT2D eigenvalue weighted by Crippen LogP contribution is -2.29. The zero-order valence-electron chi connectivity index (χ0n) is 15.0. The number of benzene rings is 2. The van der Waals surface area contributed by atoms with E-state index in [1.54, 1.807) is 30.3 Å². The molecule has 0 spiro atoms. The van der Waals surface area contributed by atoms with Gasteiger partial charge in [-0.3, -0.25) is 14.9 Å². The third-order valence-electron chi connectivity index (χ3n) is 4.77. The van der Waals surface area contributed by atoms with Crippen molar-refractivity contribution in [1.82, 2.24) is 5.32 Å². The van der Waals surface area contributed by atoms with Gasteiger partial charge in [0.05, 0.1) is 33.8 Å². The van der Waals surface area contributed by atoms with Gasteiger partial charge in [0.2, 0.25) is 0 Å². The van der Waals surface area contributed by atoms with E-state index in [9.17, 15) is 14.9 Å². The number of rotatable bonds is 5. The lowest BCUT2D eigenvalue weighted by Gasteiger charge is -2.22. The van der Waals surface area contributed by atoms with Gasteiger partial charge in [0, 0.05) is 25.2 Å². The van der Waals surface area contributed by atoms with E-state index in [-0.39, 0.29) is 17.6 Å². The van der Waals surface area contributed by atoms with Crippen molar-refractivity contribution < 1.29 is 9.72 Å². The highest BCUT2D eigenvalue weighted by Gasteiger charge is 2.23. The number of carbonyl (C=O) groups is 1. The number of hydrogen-bond donors (Lipinski definition) is 1. The summed E-state index contributed by atoms with van der Waals surface area (Å²) in [4.78, 5) is 25.6. The third kappa shape index (κ3) is 4.06. The van der Waals surface area contributed by atoms with Crippen molar-refractivity contribution in [2.45, 2.75) is 25.8 Å². The maximum atomic E-state index is 12.9. The van der Waals surface area contributed by atoms with E-state index < -0.39 is 4.92 Å². The summed E-state index contributed by atoms with van der Waals surface area (Å²) in [6.07, 6.45) is 2.08. The molecule has 2 aromatic carbocycles. The number of carbonyl (C=O) groups excluding carboxylic acids is 1. The van der Waals surface area contributed by atoms with Crippen LogP contribution in [0, 0.1) is 21.4 Å². The predicted molar refractivity (Wildman–Crippen MR) is 102 cm³/mol. The quantitative estimate of drug-likeness (QED) is 0.646. The van der Waals surface area contributed by atoms with E-state index in [0.717, 1.165) is 37.2 Å². The number of nitro benzene ring substituents is 1. The van der Waals surface area contributed by atoms with E-state index in [1.807, 2.05) is 6.92 Å². The van der Waals surface area contributed by atoms with E-state index in [2.05, 4.69) is 16.3 Å². The van der Waals surface area contributed by atoms with Crippen LogP contribution in [0.15, 0.2) is 42.5 Å². The van der Waals surface area contributed by atoms with Crippen molar-refractivity contribution in [3.8, 4) is 6.07 Å². The van der Waals surface area contributed by atoms with Crippen LogP contribution in [0.2, 0.25) is 0 Å². The first-order valence-corrected chi connectivity index (χ1v) is 8.84. The molecule has 138 valence electrons. The molecule has 0 radical (unpaired) electrons. The number of nitriles is 1. The Balaban J connectivity index is 1.86. The van der Waals surface area contributed by atoms with Gasteiger partial charge >= 0.3 is 0 Å². The van der Waals surface area contributed by atoms with Crippen LogP contribution in [0.3, 0.4) is 0 Å². The van der Waals surface area contributed by atoms with Gasteiger partial charge in [0.15, 0.2) is 0 Å². The minimum atomic E-state index is -0.491. The van der Waals surface area contributed by atoms with Crippen LogP contribution in [0.25, 0.3) is 0 Å². The Hall–Kier alpha value is -3.40. The SMILES string of the molecule is CC(NC(=O)c1cc([N+](=O)[O-])ccc1N1CCCC1)c1ccc(C#N)cc1. The van der Waals surface area contributed by atoms with Crippen molar-refractivity contribution in [2.75, 3.05) is 18.0 Å². The van der Waals surface area contributed by atoms with Crippen LogP contribution in [-0.4, -0.2) is 23.9 Å². The Bertz CT molecular complexity index is 896. The van der Waals surface area contributed by atoms with Gasteiger partial charge in [-0.2, -0.15) is 5.26 Å². The molecule has 1 saturated heterocycles. The first-order valence-electron chi connectivity index (χ1n) is 8.84. The molecule has 1 heterocycles. The standard InChI is InChI=1S/C20H20N4O3/c1-14(16-6-4-15(13-21)5-7-16)22-20(25)18-12-17(24(26)27)8-9-19(18)23-10-2-3-11-23/h4-9,12,14H,2-3,10-11H2,1H3,(H,22,25). The second kappa shape index (κ2) is 7.87. The molecule has 7 heteroatoms. The molecule has 3 rings (SSSR count). The zero-order chi connectivity index (χ0) is 19.4. The molecule has 1 fully saturated rings. The second-order valence-electron chi connectivity index (χ2n) is 6.58. The Morgan fingerprint density at radius 1 is 1.22 bits per heavy atom. The number of anilines is 1. The van der Waals surface area contributed by atoms with Gasteiger partial charge < -0.3 is 10.2 Å². The van der Waals surface area contributed by atoms with Gasteiger partial charge in [-0.1, -0.05) is 12.1 Å². The Morgan fingerprint density at radius 2 is 1.89 bits per heavy atom. The molecular formula is C20H20N4O3. The number of nitrogens with zero attached hydrogens (tertiary/aromatic N) is 3. The van der Waals surface area contributed by atoms with Crippen molar-refractivity contribution in [3.05, 3.63) is 69.3 Å². The average molecular weight is 364 g/mol. The normalized spacial score (nSPS) is 14.4. The van der Waals surface area contributed by atoms with Crippen molar-refractivity contribution in [3.63, 3.8) is 0 Å². The molecule has 1 atom stereocenters. The molecule has 0 aliphatic carbocycles. The number of nitrogens with one attached hydrogen (secondary N) is 1. The lowest BCUT2D eigenvalue weighted by atomic mass is 10.0. The maximum Gasteiger partial charge on any atom is 0.270 e. The van der Waals surface area contributed by atoms with Gasteiger partial charge in [-0.15, -0.1) is 0 Å². The highest BCUT2D eigenvalue weighted by atomic mass is 16.6. The van der Waals surface area contributed by atoms with Crippen LogP contribution in [0.1, 0.15) is 47.3 Å². The fraction of sp³-hybridized carbons (Fsp3) is 0.300. The van der Waals surface area contributed by atoms with Gasteiger partial charge in [-0.25, -0.2) is 0 Å². The minimum Gasteiger partial charge on any atom is -0.371 e. The zero-order valence-corrected chi connectivity index (χ0v) is 15.0. The summed E-state index contributed by atoms with van der Waals surface area (Å²) in [6, 6.07) is 13.2. The smallest absolute Gasteiger partial charge is 0.270 e. The van der Waals surface area contributed by atoms with Crippen LogP contribution in [0.4, 0.5) is 11.4 Å². The molecule has 0 aromatic heterocycles. The predicted octanol–water partition coefficient (Wildman–Crippen LogP) is 3.56. The molecule has 27 heavy (non-hydrogen) atoms. The molecule has 1 amide bonds. The topological polar surface area (TPSA) is 99.3 Å². The molecule has 1 aliphatic rings. The Kier molecular flexibility index (Phi) is 5.36. The third-order valence-corrected chi connectivity index (χ3v) is 4.77. The first kappa shape index (κ1) is 18.4. The fourth-order valence-corrected chi connectivity index (χ4v) is 3.26. The van der Waals surface area contributed by atoms with E-state index in [0.29, 0.717) is 11.1 Å². The molecule has 1 aliphatic heterocycles. The molecule has 0 bridgehead atoms. The number of hydrogen-bond acceptors (Lipinski definition) is 5. The van der Waals surface area contributed by atoms with Crippen LogP contribution >= 0.6 is 0 Å². The molecule has 7 nitrogen and oxygen atoms in total. The summed E-state index contributed by atoms with van der Waals surface area (Å²) in [6.45, 7) is 3.51. The molecule has 1 unspecified atom stereocenters. The van der Waals surface area contributed by atoms with Crippen LogP contribution in [0.5, 0.6) is 0 Å². The van der Waals surface area contributed by atoms with Crippen molar-refractivity contribution in [1.29, 1.82) is 5.26 Å². The summed E-state index contributed by atoms with van der Waals surface area (Å²) < 4.78 is 0. The molecule has 2 aromatic rings. The van der Waals surface area contributed by atoms with E-state index in [4.69, 9.17) is 5.26 Å². The monoisotopic (exact) mass is 364 g/mol. The summed E-state index contributed by atoms with van der Waals surface area (Å²) in [7, 11) is 0. The van der Waals surface area contributed by atoms with E-state index >= 15 is 0 Å². The molecular weight excluding hydrogens is 344 g/mol. The van der Waals surface area contributed by atoms with Crippen LogP contribution in [-0.2, 0) is 0 Å². The number of amides is 1. The Labute approximate surface area is 157 Å². The first-order chi connectivity index (χ1) is 13.0. The maximum absolute atomic E-state index is 12.9. The highest BCUT2D eigenvalue weighted by Crippen LogP contribution is 2.29. The fourth-order valence-electron chi connectivity index (χ4n) is 3.26. The highest BCUT2D eigenvalue weighted by molar-refractivity contribution is 6.00. The lowest BCUT2D eigenvalue weighted by molar-refractivity contribution is -0.384. The van der Waals surface area contributed by atoms with E-state index in [1.165, 1.54) is 12.1 Å². The minimum absolute atomic E-state index is 0.103. The largest absolute Gasteiger partial charge is 0.371 e. The summed E-state index contributed by atoms with van der Waals surface area (Å²) in [5.74, 6) is -0.350. The van der Waals surface area contributed by atoms with Gasteiger partial charge in [-0.05, 0) is 43.5 Å². The van der Waals surface area contributed by atoms with Gasteiger partial charge in [0.25, 0.3) is 11.6 Å². The summed E-state index contributed by atoms with van der Waals surface area (Å²) in [5, 5.41) is 22.9. The average Bonchev–Trinajstić information content (AvgIpc) is 3.22. The number of non-ortho nitro benzene ring substituents is 1. The van der Waals surface area contributed by atoms with Crippen molar-refractivity contribution >= 4 is 17.3 Å². The summed E-state index contributed by atoms with van der Waals surface area (Å²) in [5.41, 5.74) is 2.34. The molecule has 0 saturated carbocycles. The summed E-state index contributed by atoms with van der Waals surface area (Å²) >= 11 is 0.